The van der Waals surface area contributed by atoms with Gasteiger partial charge in [-0.25, -0.2) is 8.42 Å². The number of aryl methyl sites for hydroxylation is 1. The number of rotatable bonds is 11. The van der Waals surface area contributed by atoms with Crippen molar-refractivity contribution in [2.24, 2.45) is 0 Å². The second-order valence-corrected chi connectivity index (χ2v) is 12.6. The van der Waals surface area contributed by atoms with Crippen LogP contribution in [-0.2, 0) is 26.2 Å². The predicted octanol–water partition coefficient (Wildman–Crippen LogP) is 6.48. The highest BCUT2D eigenvalue weighted by molar-refractivity contribution is 7.92. The fourth-order valence-electron chi connectivity index (χ4n) is 3.88. The zero-order chi connectivity index (χ0) is 29.6. The van der Waals surface area contributed by atoms with Crippen LogP contribution >= 0.6 is 34.8 Å². The highest BCUT2D eigenvalue weighted by Crippen LogP contribution is 2.29. The second kappa shape index (κ2) is 13.7. The molecule has 0 heterocycles. The molecule has 0 saturated carbocycles. The van der Waals surface area contributed by atoms with Crippen molar-refractivity contribution in [2.45, 2.75) is 57.6 Å². The Morgan fingerprint density at radius 2 is 1.48 bits per heavy atom. The van der Waals surface area contributed by atoms with Gasteiger partial charge in [0.1, 0.15) is 12.6 Å². The number of hydrogen-bond donors (Lipinski definition) is 1. The predicted molar refractivity (Wildman–Crippen MR) is 162 cm³/mol. The van der Waals surface area contributed by atoms with Crippen molar-refractivity contribution >= 4 is 62.3 Å². The van der Waals surface area contributed by atoms with Crippen LogP contribution in [0.15, 0.2) is 71.6 Å². The van der Waals surface area contributed by atoms with E-state index in [0.717, 1.165) is 9.87 Å². The number of anilines is 1. The Morgan fingerprint density at radius 1 is 0.900 bits per heavy atom. The number of carbonyl (C=O) groups excluding carboxylic acids is 2. The molecular weight excluding hydrogens is 593 g/mol. The van der Waals surface area contributed by atoms with Crippen molar-refractivity contribution in [1.82, 2.24) is 10.2 Å². The van der Waals surface area contributed by atoms with E-state index in [0.29, 0.717) is 32.7 Å². The fraction of sp³-hybridized carbons (Fsp3) is 0.310. The lowest BCUT2D eigenvalue weighted by atomic mass is 10.1. The third-order valence-electron chi connectivity index (χ3n) is 6.56. The minimum Gasteiger partial charge on any atom is -0.352 e. The molecule has 214 valence electrons. The zero-order valence-electron chi connectivity index (χ0n) is 22.7. The quantitative estimate of drug-likeness (QED) is 0.265. The molecule has 0 unspecified atom stereocenters. The summed E-state index contributed by atoms with van der Waals surface area (Å²) >= 11 is 18.8. The van der Waals surface area contributed by atoms with E-state index < -0.39 is 28.5 Å². The van der Waals surface area contributed by atoms with Gasteiger partial charge in [0.15, 0.2) is 0 Å². The summed E-state index contributed by atoms with van der Waals surface area (Å²) in [5, 5.41) is 3.91. The number of nitrogens with one attached hydrogen (secondary N) is 1. The van der Waals surface area contributed by atoms with E-state index in [2.05, 4.69) is 5.32 Å². The summed E-state index contributed by atoms with van der Waals surface area (Å²) in [5.74, 6) is -0.991. The lowest BCUT2D eigenvalue weighted by Gasteiger charge is -2.33. The number of hydrogen-bond acceptors (Lipinski definition) is 4. The number of sulfonamides is 1. The highest BCUT2D eigenvalue weighted by atomic mass is 35.5. The molecule has 0 aromatic heterocycles. The molecule has 40 heavy (non-hydrogen) atoms. The first-order valence-electron chi connectivity index (χ1n) is 12.7. The Morgan fingerprint density at radius 3 is 2.02 bits per heavy atom. The van der Waals surface area contributed by atoms with Gasteiger partial charge in [0.2, 0.25) is 11.8 Å². The lowest BCUT2D eigenvalue weighted by molar-refractivity contribution is -0.139. The third kappa shape index (κ3) is 7.69. The van der Waals surface area contributed by atoms with Gasteiger partial charge in [0, 0.05) is 33.2 Å². The monoisotopic (exact) mass is 623 g/mol. The van der Waals surface area contributed by atoms with E-state index >= 15 is 0 Å². The van der Waals surface area contributed by atoms with Crippen molar-refractivity contribution in [3.8, 4) is 0 Å². The summed E-state index contributed by atoms with van der Waals surface area (Å²) in [5.41, 5.74) is 1.66. The van der Waals surface area contributed by atoms with E-state index in [1.54, 1.807) is 49.4 Å². The Hall–Kier alpha value is -2.78. The molecule has 0 fully saturated rings. The van der Waals surface area contributed by atoms with Crippen molar-refractivity contribution in [3.05, 3.63) is 92.9 Å². The van der Waals surface area contributed by atoms with Crippen LogP contribution in [-0.4, -0.2) is 43.8 Å². The van der Waals surface area contributed by atoms with Crippen LogP contribution in [0.25, 0.3) is 0 Å². The smallest absolute Gasteiger partial charge is 0.264 e. The number of halogens is 3. The van der Waals surface area contributed by atoms with E-state index in [9.17, 15) is 18.0 Å². The molecule has 0 radical (unpaired) electrons. The molecule has 3 rings (SSSR count). The van der Waals surface area contributed by atoms with Gasteiger partial charge in [-0.15, -0.1) is 0 Å². The molecular formula is C29H32Cl3N3O4S. The Labute approximate surface area is 251 Å². The minimum atomic E-state index is -4.20. The van der Waals surface area contributed by atoms with Gasteiger partial charge in [-0.2, -0.15) is 0 Å². The molecule has 2 atom stereocenters. The summed E-state index contributed by atoms with van der Waals surface area (Å²) in [7, 11) is -4.20. The molecule has 0 bridgehead atoms. The largest absolute Gasteiger partial charge is 0.352 e. The standard InChI is InChI=1S/C29H32Cl3N3O4S/c1-5-20(3)33-29(37)21(4)34(17-25-26(31)7-6-8-27(25)32)28(36)18-35(23-13-9-19(2)10-14-23)40(38,39)24-15-11-22(30)12-16-24/h6-16,20-21H,5,17-18H2,1-4H3,(H,33,37)/t20-,21+/m0/s1. The highest BCUT2D eigenvalue weighted by Gasteiger charge is 2.33. The van der Waals surface area contributed by atoms with Crippen LogP contribution in [0.5, 0.6) is 0 Å². The zero-order valence-corrected chi connectivity index (χ0v) is 25.8. The summed E-state index contributed by atoms with van der Waals surface area (Å²) in [6.45, 7) is 6.58. The van der Waals surface area contributed by atoms with Crippen molar-refractivity contribution in [1.29, 1.82) is 0 Å². The SMILES string of the molecule is CC[C@H](C)NC(=O)[C@@H](C)N(Cc1c(Cl)cccc1Cl)C(=O)CN(c1ccc(C)cc1)S(=O)(=O)c1ccc(Cl)cc1. The van der Waals surface area contributed by atoms with E-state index in [-0.39, 0.29) is 23.4 Å². The molecule has 0 aliphatic rings. The summed E-state index contributed by atoms with van der Waals surface area (Å²) in [4.78, 5) is 28.4. The molecule has 7 nitrogen and oxygen atoms in total. The molecule has 0 spiro atoms. The van der Waals surface area contributed by atoms with Gasteiger partial charge in [-0.3, -0.25) is 13.9 Å². The van der Waals surface area contributed by atoms with Gasteiger partial charge >= 0.3 is 0 Å². The topological polar surface area (TPSA) is 86.8 Å². The van der Waals surface area contributed by atoms with Crippen LogP contribution in [0, 0.1) is 6.92 Å². The Kier molecular flexibility index (Phi) is 10.9. The summed E-state index contributed by atoms with van der Waals surface area (Å²) < 4.78 is 28.7. The first-order valence-corrected chi connectivity index (χ1v) is 15.3. The molecule has 3 aromatic rings. The summed E-state index contributed by atoms with van der Waals surface area (Å²) in [6, 6.07) is 16.4. The van der Waals surface area contributed by atoms with Gasteiger partial charge in [-0.05, 0) is 75.7 Å². The lowest BCUT2D eigenvalue weighted by Crippen LogP contribution is -2.52. The third-order valence-corrected chi connectivity index (χ3v) is 9.31. The number of benzene rings is 3. The molecule has 0 aliphatic heterocycles. The van der Waals surface area contributed by atoms with Crippen LogP contribution in [0.1, 0.15) is 38.3 Å². The van der Waals surface area contributed by atoms with Crippen LogP contribution in [0.2, 0.25) is 15.1 Å². The fourth-order valence-corrected chi connectivity index (χ4v) is 5.93. The van der Waals surface area contributed by atoms with Crippen LogP contribution in [0.3, 0.4) is 0 Å². The average Bonchev–Trinajstić information content (AvgIpc) is 2.91. The van der Waals surface area contributed by atoms with E-state index in [1.807, 2.05) is 20.8 Å². The first kappa shape index (κ1) is 31.7. The normalized spacial score (nSPS) is 12.9. The van der Waals surface area contributed by atoms with Crippen molar-refractivity contribution in [3.63, 3.8) is 0 Å². The van der Waals surface area contributed by atoms with Gasteiger partial charge in [0.25, 0.3) is 10.0 Å². The maximum atomic E-state index is 14.0. The number of nitrogens with zero attached hydrogens (tertiary/aromatic N) is 2. The van der Waals surface area contributed by atoms with Gasteiger partial charge in [0.05, 0.1) is 10.6 Å². The molecule has 11 heteroatoms. The maximum absolute atomic E-state index is 14.0. The number of amides is 2. The van der Waals surface area contributed by atoms with E-state index in [1.165, 1.54) is 29.2 Å². The first-order chi connectivity index (χ1) is 18.8. The Balaban J connectivity index is 2.06. The van der Waals surface area contributed by atoms with Crippen LogP contribution in [0.4, 0.5) is 5.69 Å². The average molecular weight is 625 g/mol. The molecule has 1 N–H and O–H groups in total. The van der Waals surface area contributed by atoms with Crippen molar-refractivity contribution < 1.29 is 18.0 Å². The van der Waals surface area contributed by atoms with Crippen molar-refractivity contribution in [2.75, 3.05) is 10.8 Å². The Bertz CT molecular complexity index is 1430. The minimum absolute atomic E-state index is 0.0338. The molecule has 0 aliphatic carbocycles. The van der Waals surface area contributed by atoms with E-state index in [4.69, 9.17) is 34.8 Å². The number of carbonyl (C=O) groups is 2. The van der Waals surface area contributed by atoms with Gasteiger partial charge < -0.3 is 10.2 Å². The summed E-state index contributed by atoms with van der Waals surface area (Å²) in [6.07, 6.45) is 0.698. The molecule has 3 aromatic carbocycles. The molecule has 0 saturated heterocycles. The van der Waals surface area contributed by atoms with Gasteiger partial charge in [-0.1, -0.05) is 65.5 Å². The molecule has 2 amide bonds. The maximum Gasteiger partial charge on any atom is 0.264 e. The van der Waals surface area contributed by atoms with Crippen LogP contribution < -0.4 is 9.62 Å². The second-order valence-electron chi connectivity index (χ2n) is 9.52.